The van der Waals surface area contributed by atoms with Crippen LogP contribution in [0.25, 0.3) is 0 Å². The van der Waals surface area contributed by atoms with Gasteiger partial charge in [-0.3, -0.25) is 4.79 Å². The summed E-state index contributed by atoms with van der Waals surface area (Å²) in [5.41, 5.74) is -0.438. The van der Waals surface area contributed by atoms with Crippen LogP contribution in [0, 0.1) is 5.92 Å². The van der Waals surface area contributed by atoms with Crippen molar-refractivity contribution >= 4 is 17.5 Å². The van der Waals surface area contributed by atoms with E-state index < -0.39 is 11.5 Å². The van der Waals surface area contributed by atoms with E-state index >= 15 is 0 Å². The van der Waals surface area contributed by atoms with Crippen molar-refractivity contribution in [3.63, 3.8) is 0 Å². The van der Waals surface area contributed by atoms with Gasteiger partial charge in [0.25, 0.3) is 0 Å². The Morgan fingerprint density at radius 1 is 1.35 bits per heavy atom. The van der Waals surface area contributed by atoms with Gasteiger partial charge < -0.3 is 9.64 Å². The second-order valence-electron chi connectivity index (χ2n) is 6.50. The number of morpholine rings is 1. The van der Waals surface area contributed by atoms with Gasteiger partial charge in [0.1, 0.15) is 0 Å². The van der Waals surface area contributed by atoms with Crippen molar-refractivity contribution < 1.29 is 18.3 Å². The zero-order valence-corrected chi connectivity index (χ0v) is 12.8. The summed E-state index contributed by atoms with van der Waals surface area (Å²) in [6.45, 7) is 4.78. The summed E-state index contributed by atoms with van der Waals surface area (Å²) < 4.78 is 32.1. The first-order valence-corrected chi connectivity index (χ1v) is 7.66. The molecule has 6 heteroatoms. The number of halogens is 3. The zero-order chi connectivity index (χ0) is 15.0. The lowest BCUT2D eigenvalue weighted by molar-refractivity contribution is -0.163. The Balaban J connectivity index is 1.98. The fourth-order valence-electron chi connectivity index (χ4n) is 3.09. The molecule has 1 saturated carbocycles. The number of carbonyl (C=O) groups is 1. The Kier molecular flexibility index (Phi) is 4.59. The Bertz CT molecular complexity index is 366. The van der Waals surface area contributed by atoms with Crippen LogP contribution in [0.5, 0.6) is 0 Å². The average Bonchev–Trinajstić information content (AvgIpc) is 2.36. The second-order valence-corrected chi connectivity index (χ2v) is 6.81. The van der Waals surface area contributed by atoms with Gasteiger partial charge in [0, 0.05) is 31.8 Å². The summed E-state index contributed by atoms with van der Waals surface area (Å²) in [6.07, 6.45) is -0.00869. The third-order valence-corrected chi connectivity index (χ3v) is 4.38. The molecule has 2 rings (SSSR count). The molecule has 116 valence electrons. The van der Waals surface area contributed by atoms with Crippen LogP contribution in [0.15, 0.2) is 0 Å². The Hall–Kier alpha value is -0.420. The van der Waals surface area contributed by atoms with E-state index in [-0.39, 0.29) is 43.6 Å². The highest BCUT2D eigenvalue weighted by Gasteiger charge is 2.41. The maximum atomic E-state index is 13.2. The van der Waals surface area contributed by atoms with Crippen LogP contribution >= 0.6 is 11.6 Å². The third-order valence-electron chi connectivity index (χ3n) is 4.03. The lowest BCUT2D eigenvalue weighted by Crippen LogP contribution is -2.56. The number of alkyl halides is 3. The third kappa shape index (κ3) is 3.82. The first-order valence-electron chi connectivity index (χ1n) is 7.13. The monoisotopic (exact) mass is 309 g/mol. The zero-order valence-electron chi connectivity index (χ0n) is 12.0. The van der Waals surface area contributed by atoms with Gasteiger partial charge in [-0.15, -0.1) is 11.6 Å². The van der Waals surface area contributed by atoms with E-state index in [4.69, 9.17) is 16.3 Å². The van der Waals surface area contributed by atoms with Crippen molar-refractivity contribution in [2.75, 3.05) is 19.0 Å². The molecule has 2 aliphatic rings. The molecule has 1 aliphatic carbocycles. The minimum absolute atomic E-state index is 0.0213. The van der Waals surface area contributed by atoms with E-state index in [0.29, 0.717) is 19.0 Å². The van der Waals surface area contributed by atoms with Crippen molar-refractivity contribution in [1.82, 2.24) is 4.90 Å². The molecule has 1 saturated heterocycles. The summed E-state index contributed by atoms with van der Waals surface area (Å²) >= 11 is 5.84. The van der Waals surface area contributed by atoms with Crippen molar-refractivity contribution in [3.8, 4) is 0 Å². The molecule has 0 spiro atoms. The van der Waals surface area contributed by atoms with Crippen LogP contribution in [0.1, 0.15) is 39.5 Å². The first kappa shape index (κ1) is 16.0. The predicted octanol–water partition coefficient (Wildman–Crippen LogP) is 3.06. The number of hydrogen-bond donors (Lipinski definition) is 0. The van der Waals surface area contributed by atoms with Crippen molar-refractivity contribution in [3.05, 3.63) is 0 Å². The van der Waals surface area contributed by atoms with Gasteiger partial charge in [-0.1, -0.05) is 0 Å². The van der Waals surface area contributed by atoms with E-state index in [1.165, 1.54) is 0 Å². The Labute approximate surface area is 123 Å². The normalized spacial score (nSPS) is 30.2. The molecule has 0 radical (unpaired) electrons. The number of amides is 1. The molecule has 1 amide bonds. The Morgan fingerprint density at radius 2 is 1.95 bits per heavy atom. The van der Waals surface area contributed by atoms with E-state index in [0.717, 1.165) is 0 Å². The van der Waals surface area contributed by atoms with Gasteiger partial charge in [0.2, 0.25) is 11.8 Å². The summed E-state index contributed by atoms with van der Waals surface area (Å²) in [7, 11) is 0. The molecule has 0 aromatic rings. The molecule has 2 fully saturated rings. The van der Waals surface area contributed by atoms with Gasteiger partial charge in [-0.2, -0.15) is 0 Å². The molecular formula is C14H22ClF2NO2. The summed E-state index contributed by atoms with van der Waals surface area (Å²) in [5.74, 6) is -2.57. The predicted molar refractivity (Wildman–Crippen MR) is 73.2 cm³/mol. The molecule has 1 heterocycles. The van der Waals surface area contributed by atoms with Crippen molar-refractivity contribution in [1.29, 1.82) is 0 Å². The van der Waals surface area contributed by atoms with Gasteiger partial charge in [0.15, 0.2) is 0 Å². The molecule has 1 aliphatic heterocycles. The van der Waals surface area contributed by atoms with Crippen LogP contribution in [-0.4, -0.2) is 47.4 Å². The quantitative estimate of drug-likeness (QED) is 0.734. The minimum Gasteiger partial charge on any atom is -0.367 e. The van der Waals surface area contributed by atoms with Gasteiger partial charge in [-0.05, 0) is 26.7 Å². The highest BCUT2D eigenvalue weighted by atomic mass is 35.5. The molecule has 0 aromatic heterocycles. The smallest absolute Gasteiger partial charge is 0.248 e. The van der Waals surface area contributed by atoms with Crippen LogP contribution < -0.4 is 0 Å². The second kappa shape index (κ2) is 5.76. The SMILES string of the molecule is CC1(C)CN(C(=O)C2CCC(F)(F)CC2)CC(CCl)O1. The van der Waals surface area contributed by atoms with Crippen LogP contribution in [0.2, 0.25) is 0 Å². The van der Waals surface area contributed by atoms with E-state index in [9.17, 15) is 13.6 Å². The maximum absolute atomic E-state index is 13.2. The van der Waals surface area contributed by atoms with E-state index in [1.54, 1.807) is 4.90 Å². The first-order chi connectivity index (χ1) is 9.22. The standard InChI is InChI=1S/C14H22ClF2NO2/c1-13(2)9-18(8-11(7-15)20-13)12(19)10-3-5-14(16,17)6-4-10/h10-11H,3-9H2,1-2H3. The largest absolute Gasteiger partial charge is 0.367 e. The molecule has 0 N–H and O–H groups in total. The highest BCUT2D eigenvalue weighted by molar-refractivity contribution is 6.18. The number of hydrogen-bond acceptors (Lipinski definition) is 2. The molecule has 20 heavy (non-hydrogen) atoms. The van der Waals surface area contributed by atoms with E-state index in [1.807, 2.05) is 13.8 Å². The number of rotatable bonds is 2. The lowest BCUT2D eigenvalue weighted by atomic mass is 9.85. The van der Waals surface area contributed by atoms with Crippen molar-refractivity contribution in [2.45, 2.75) is 57.2 Å². The van der Waals surface area contributed by atoms with E-state index in [2.05, 4.69) is 0 Å². The van der Waals surface area contributed by atoms with Crippen LogP contribution in [0.3, 0.4) is 0 Å². The number of carbonyl (C=O) groups excluding carboxylic acids is 1. The number of ether oxygens (including phenoxy) is 1. The molecule has 0 bridgehead atoms. The van der Waals surface area contributed by atoms with Crippen molar-refractivity contribution in [2.24, 2.45) is 5.92 Å². The maximum Gasteiger partial charge on any atom is 0.248 e. The lowest BCUT2D eigenvalue weighted by Gasteiger charge is -2.44. The fourth-order valence-corrected chi connectivity index (χ4v) is 3.25. The van der Waals surface area contributed by atoms with Gasteiger partial charge in [-0.25, -0.2) is 8.78 Å². The highest BCUT2D eigenvalue weighted by Crippen LogP contribution is 2.37. The molecular weight excluding hydrogens is 288 g/mol. The molecule has 3 nitrogen and oxygen atoms in total. The summed E-state index contributed by atoms with van der Waals surface area (Å²) in [4.78, 5) is 14.2. The topological polar surface area (TPSA) is 29.5 Å². The van der Waals surface area contributed by atoms with Gasteiger partial charge >= 0.3 is 0 Å². The summed E-state index contributed by atoms with van der Waals surface area (Å²) in [6, 6.07) is 0. The van der Waals surface area contributed by atoms with Crippen LogP contribution in [0.4, 0.5) is 8.78 Å². The summed E-state index contributed by atoms with van der Waals surface area (Å²) in [5, 5.41) is 0. The molecule has 1 atom stereocenters. The molecule has 0 aromatic carbocycles. The van der Waals surface area contributed by atoms with Crippen LogP contribution in [-0.2, 0) is 9.53 Å². The minimum atomic E-state index is -2.60. The Morgan fingerprint density at radius 3 is 2.50 bits per heavy atom. The fraction of sp³-hybridized carbons (Fsp3) is 0.929. The molecule has 1 unspecified atom stereocenters. The average molecular weight is 310 g/mol. The van der Waals surface area contributed by atoms with Gasteiger partial charge in [0.05, 0.1) is 17.6 Å². The number of nitrogens with zero attached hydrogens (tertiary/aromatic N) is 1.